The van der Waals surface area contributed by atoms with Crippen molar-refractivity contribution in [2.45, 2.75) is 0 Å². The van der Waals surface area contributed by atoms with Crippen LogP contribution in [-0.4, -0.2) is 38.9 Å². The van der Waals surface area contributed by atoms with Gasteiger partial charge in [0.05, 0.1) is 5.56 Å². The number of rotatable bonds is 4. The number of amides is 1. The van der Waals surface area contributed by atoms with Crippen LogP contribution in [0.25, 0.3) is 11.1 Å². The van der Waals surface area contributed by atoms with Gasteiger partial charge in [0.25, 0.3) is 5.91 Å². The summed E-state index contributed by atoms with van der Waals surface area (Å²) in [5.74, 6) is 0.785. The monoisotopic (exact) mass is 363 g/mol. The zero-order valence-electron chi connectivity index (χ0n) is 14.4. The van der Waals surface area contributed by atoms with Crippen LogP contribution >= 0.6 is 0 Å². The largest absolute Gasteiger partial charge is 0.383 e. The lowest BCUT2D eigenvalue weighted by molar-refractivity contribution is 0.0977. The first-order valence-electron chi connectivity index (χ1n) is 7.85. The summed E-state index contributed by atoms with van der Waals surface area (Å²) in [7, 11) is 1.47. The zero-order chi connectivity index (χ0) is 19.2. The SMILES string of the molecule is CN=C(N)NC(=O)c1cc(-c2ccnc(Nc3ccncn3)c2)cnc1N. The average molecular weight is 363 g/mol. The first-order valence-corrected chi connectivity index (χ1v) is 7.85. The van der Waals surface area contributed by atoms with Crippen molar-refractivity contribution < 1.29 is 4.79 Å². The fourth-order valence-electron chi connectivity index (χ4n) is 2.23. The molecule has 0 atom stereocenters. The molecule has 10 heteroatoms. The highest BCUT2D eigenvalue weighted by atomic mass is 16.1. The van der Waals surface area contributed by atoms with Crippen LogP contribution in [0.5, 0.6) is 0 Å². The van der Waals surface area contributed by atoms with Crippen molar-refractivity contribution in [3.63, 3.8) is 0 Å². The van der Waals surface area contributed by atoms with E-state index < -0.39 is 5.91 Å². The number of carbonyl (C=O) groups excluding carboxylic acids is 1. The van der Waals surface area contributed by atoms with Crippen LogP contribution in [-0.2, 0) is 0 Å². The van der Waals surface area contributed by atoms with Gasteiger partial charge in [-0.25, -0.2) is 19.9 Å². The number of pyridine rings is 2. The van der Waals surface area contributed by atoms with Crippen LogP contribution in [0.3, 0.4) is 0 Å². The fourth-order valence-corrected chi connectivity index (χ4v) is 2.23. The zero-order valence-corrected chi connectivity index (χ0v) is 14.4. The molecular formula is C17H17N9O. The number of nitrogens with two attached hydrogens (primary N) is 2. The van der Waals surface area contributed by atoms with Gasteiger partial charge in [-0.2, -0.15) is 0 Å². The van der Waals surface area contributed by atoms with Gasteiger partial charge in [-0.1, -0.05) is 0 Å². The summed E-state index contributed by atoms with van der Waals surface area (Å²) in [6.07, 6.45) is 6.27. The van der Waals surface area contributed by atoms with E-state index in [4.69, 9.17) is 11.5 Å². The summed E-state index contributed by atoms with van der Waals surface area (Å²) in [6.45, 7) is 0. The van der Waals surface area contributed by atoms with E-state index in [9.17, 15) is 4.79 Å². The molecule has 136 valence electrons. The Kier molecular flexibility index (Phi) is 5.17. The van der Waals surface area contributed by atoms with Gasteiger partial charge in [0.15, 0.2) is 5.96 Å². The summed E-state index contributed by atoms with van der Waals surface area (Å²) >= 11 is 0. The van der Waals surface area contributed by atoms with Crippen molar-refractivity contribution in [2.75, 3.05) is 18.1 Å². The van der Waals surface area contributed by atoms with E-state index in [2.05, 4.69) is 35.6 Å². The smallest absolute Gasteiger partial charge is 0.261 e. The molecule has 3 rings (SSSR count). The second kappa shape index (κ2) is 7.87. The summed E-state index contributed by atoms with van der Waals surface area (Å²) in [4.78, 5) is 32.3. The van der Waals surface area contributed by atoms with Crippen LogP contribution in [0.2, 0.25) is 0 Å². The van der Waals surface area contributed by atoms with E-state index in [0.717, 1.165) is 5.56 Å². The minimum atomic E-state index is -0.488. The number of anilines is 3. The Morgan fingerprint density at radius 3 is 2.67 bits per heavy atom. The van der Waals surface area contributed by atoms with Gasteiger partial charge in [0.2, 0.25) is 0 Å². The molecule has 6 N–H and O–H groups in total. The van der Waals surface area contributed by atoms with Gasteiger partial charge in [-0.3, -0.25) is 15.1 Å². The maximum Gasteiger partial charge on any atom is 0.261 e. The lowest BCUT2D eigenvalue weighted by Crippen LogP contribution is -2.37. The molecular weight excluding hydrogens is 346 g/mol. The van der Waals surface area contributed by atoms with Crippen LogP contribution in [0.15, 0.2) is 54.2 Å². The Balaban J connectivity index is 1.89. The third-order valence-corrected chi connectivity index (χ3v) is 3.58. The topological polar surface area (TPSA) is 157 Å². The highest BCUT2D eigenvalue weighted by Gasteiger charge is 2.14. The number of aliphatic imine (C=N–C) groups is 1. The van der Waals surface area contributed by atoms with Crippen molar-refractivity contribution in [3.05, 3.63) is 54.7 Å². The van der Waals surface area contributed by atoms with Gasteiger partial charge in [0.1, 0.15) is 23.8 Å². The lowest BCUT2D eigenvalue weighted by Gasteiger charge is -2.10. The molecule has 3 aromatic rings. The lowest BCUT2D eigenvalue weighted by atomic mass is 10.1. The first-order chi connectivity index (χ1) is 13.1. The number of nitrogens with zero attached hydrogens (tertiary/aromatic N) is 5. The molecule has 10 nitrogen and oxygen atoms in total. The Morgan fingerprint density at radius 1 is 1.07 bits per heavy atom. The third kappa shape index (κ3) is 4.31. The van der Waals surface area contributed by atoms with E-state index in [1.807, 2.05) is 0 Å². The summed E-state index contributed by atoms with van der Waals surface area (Å²) in [5, 5.41) is 5.52. The van der Waals surface area contributed by atoms with E-state index in [-0.39, 0.29) is 17.3 Å². The highest BCUT2D eigenvalue weighted by Crippen LogP contribution is 2.24. The predicted octanol–water partition coefficient (Wildman–Crippen LogP) is 0.934. The standard InChI is InChI=1S/C17H17N9O/c1-20-17(19)26-16(27)12-6-11(8-23-15(12)18)10-2-5-22-14(7-10)25-13-3-4-21-9-24-13/h2-9H,1H3,(H2,18,23)(H3,19,20,26,27)(H,21,22,24,25). The van der Waals surface area contributed by atoms with Gasteiger partial charge in [-0.05, 0) is 29.8 Å². The second-order valence-electron chi connectivity index (χ2n) is 5.37. The van der Waals surface area contributed by atoms with Gasteiger partial charge < -0.3 is 16.8 Å². The maximum atomic E-state index is 12.3. The number of guanidine groups is 1. The Labute approximate surface area is 154 Å². The number of aromatic nitrogens is 4. The summed E-state index contributed by atoms with van der Waals surface area (Å²) < 4.78 is 0. The minimum absolute atomic E-state index is 0.00921. The minimum Gasteiger partial charge on any atom is -0.383 e. The molecule has 0 unspecified atom stereocenters. The maximum absolute atomic E-state index is 12.3. The van der Waals surface area contributed by atoms with Gasteiger partial charge >= 0.3 is 0 Å². The number of nitrogen functional groups attached to an aromatic ring is 1. The van der Waals surface area contributed by atoms with E-state index >= 15 is 0 Å². The van der Waals surface area contributed by atoms with Crippen LogP contribution in [0, 0.1) is 0 Å². The molecule has 0 saturated carbocycles. The molecule has 1 amide bonds. The Hall–Kier alpha value is -4.08. The fraction of sp³-hybridized carbons (Fsp3) is 0.0588. The molecule has 0 aromatic carbocycles. The average Bonchev–Trinajstić information content (AvgIpc) is 2.69. The predicted molar refractivity (Wildman–Crippen MR) is 102 cm³/mol. The summed E-state index contributed by atoms with van der Waals surface area (Å²) in [5.41, 5.74) is 13.0. The highest BCUT2D eigenvalue weighted by molar-refractivity contribution is 6.08. The molecule has 0 saturated heterocycles. The van der Waals surface area contributed by atoms with Crippen molar-refractivity contribution in [1.29, 1.82) is 0 Å². The second-order valence-corrected chi connectivity index (χ2v) is 5.37. The molecule has 27 heavy (non-hydrogen) atoms. The number of nitrogens with one attached hydrogen (secondary N) is 2. The van der Waals surface area contributed by atoms with Crippen LogP contribution < -0.4 is 22.1 Å². The Morgan fingerprint density at radius 2 is 1.93 bits per heavy atom. The van der Waals surface area contributed by atoms with Crippen LogP contribution in [0.4, 0.5) is 17.5 Å². The third-order valence-electron chi connectivity index (χ3n) is 3.58. The van der Waals surface area contributed by atoms with Crippen molar-refractivity contribution in [3.8, 4) is 11.1 Å². The number of carbonyl (C=O) groups is 1. The van der Waals surface area contributed by atoms with Crippen molar-refractivity contribution in [2.24, 2.45) is 10.7 Å². The molecule has 0 bridgehead atoms. The molecule has 0 spiro atoms. The van der Waals surface area contributed by atoms with E-state index in [0.29, 0.717) is 17.2 Å². The molecule has 3 aromatic heterocycles. The molecule has 0 fully saturated rings. The quantitative estimate of drug-likeness (QED) is 0.394. The molecule has 0 aliphatic heterocycles. The Bertz CT molecular complexity index is 989. The van der Waals surface area contributed by atoms with Crippen LogP contribution in [0.1, 0.15) is 10.4 Å². The van der Waals surface area contributed by atoms with Gasteiger partial charge in [-0.15, -0.1) is 0 Å². The summed E-state index contributed by atoms with van der Waals surface area (Å²) in [6, 6.07) is 6.95. The normalized spacial score (nSPS) is 11.1. The van der Waals surface area contributed by atoms with E-state index in [1.165, 1.54) is 13.4 Å². The number of hydrogen-bond acceptors (Lipinski definition) is 8. The first kappa shape index (κ1) is 17.7. The van der Waals surface area contributed by atoms with Crippen molar-refractivity contribution in [1.82, 2.24) is 25.3 Å². The van der Waals surface area contributed by atoms with Crippen molar-refractivity contribution >= 4 is 29.3 Å². The number of hydrogen-bond donors (Lipinski definition) is 4. The molecule has 0 aliphatic rings. The van der Waals surface area contributed by atoms with E-state index in [1.54, 1.807) is 42.9 Å². The molecule has 3 heterocycles. The molecule has 0 radical (unpaired) electrons. The van der Waals surface area contributed by atoms with Gasteiger partial charge in [0, 0.05) is 31.2 Å². The molecule has 0 aliphatic carbocycles.